The molecule has 0 aromatic rings. The standard InChI is InChI=1S/C10H19F2NO/c1-13-7-10(11,12)8-14-9-5-3-2-4-6-9/h9,13H,2-8H2,1H3. The quantitative estimate of drug-likeness (QED) is 0.746. The number of halogens is 2. The minimum absolute atomic E-state index is 0.0616. The molecule has 4 heteroatoms. The molecule has 0 radical (unpaired) electrons. The Kier molecular flexibility index (Phi) is 4.75. The van der Waals surface area contributed by atoms with Gasteiger partial charge in [-0.05, 0) is 19.9 Å². The van der Waals surface area contributed by atoms with Gasteiger partial charge >= 0.3 is 0 Å². The first-order valence-electron chi connectivity index (χ1n) is 5.28. The zero-order chi connectivity index (χ0) is 10.4. The Bertz CT molecular complexity index is 158. The van der Waals surface area contributed by atoms with Crippen molar-refractivity contribution >= 4 is 0 Å². The third kappa shape index (κ3) is 4.33. The van der Waals surface area contributed by atoms with E-state index in [1.54, 1.807) is 0 Å². The van der Waals surface area contributed by atoms with Crippen LogP contribution >= 0.6 is 0 Å². The molecular formula is C10H19F2NO. The van der Waals surface area contributed by atoms with Crippen molar-refractivity contribution in [3.63, 3.8) is 0 Å². The summed E-state index contributed by atoms with van der Waals surface area (Å²) < 4.78 is 31.2. The molecule has 0 bridgehead atoms. The van der Waals surface area contributed by atoms with Crippen LogP contribution in [0.1, 0.15) is 32.1 Å². The molecule has 1 aliphatic carbocycles. The van der Waals surface area contributed by atoms with Gasteiger partial charge in [-0.15, -0.1) is 0 Å². The highest BCUT2D eigenvalue weighted by molar-refractivity contribution is 4.71. The highest BCUT2D eigenvalue weighted by Crippen LogP contribution is 2.22. The number of alkyl halides is 2. The summed E-state index contributed by atoms with van der Waals surface area (Å²) in [4.78, 5) is 0. The Morgan fingerprint density at radius 2 is 1.93 bits per heavy atom. The summed E-state index contributed by atoms with van der Waals surface area (Å²) >= 11 is 0. The molecule has 0 atom stereocenters. The van der Waals surface area contributed by atoms with E-state index in [1.165, 1.54) is 13.5 Å². The van der Waals surface area contributed by atoms with Gasteiger partial charge in [-0.1, -0.05) is 19.3 Å². The van der Waals surface area contributed by atoms with Crippen LogP contribution in [0.3, 0.4) is 0 Å². The van der Waals surface area contributed by atoms with Crippen LogP contribution in [0.5, 0.6) is 0 Å². The maximum atomic E-state index is 13.0. The van der Waals surface area contributed by atoms with Gasteiger partial charge in [0.2, 0.25) is 0 Å². The van der Waals surface area contributed by atoms with Crippen LogP contribution in [0.4, 0.5) is 8.78 Å². The third-order valence-corrected chi connectivity index (χ3v) is 2.52. The molecule has 1 aliphatic rings. The molecule has 0 spiro atoms. The molecule has 14 heavy (non-hydrogen) atoms. The lowest BCUT2D eigenvalue weighted by Crippen LogP contribution is -2.36. The fourth-order valence-corrected chi connectivity index (χ4v) is 1.78. The predicted molar refractivity (Wildman–Crippen MR) is 51.7 cm³/mol. The molecule has 0 aromatic heterocycles. The first kappa shape index (κ1) is 11.9. The maximum Gasteiger partial charge on any atom is 0.283 e. The Hall–Kier alpha value is -0.220. The van der Waals surface area contributed by atoms with Crippen molar-refractivity contribution in [3.05, 3.63) is 0 Å². The number of rotatable bonds is 5. The summed E-state index contributed by atoms with van der Waals surface area (Å²) in [5.74, 6) is -2.73. The average Bonchev–Trinajstić information content (AvgIpc) is 2.17. The van der Waals surface area contributed by atoms with Crippen molar-refractivity contribution in [1.82, 2.24) is 5.32 Å². The lowest BCUT2D eigenvalue weighted by Gasteiger charge is -2.24. The van der Waals surface area contributed by atoms with Gasteiger partial charge in [0.1, 0.15) is 6.61 Å². The molecule has 1 rings (SSSR count). The number of nitrogens with one attached hydrogen (secondary N) is 1. The van der Waals surface area contributed by atoms with Crippen LogP contribution in [0.2, 0.25) is 0 Å². The normalized spacial score (nSPS) is 19.9. The zero-order valence-corrected chi connectivity index (χ0v) is 8.69. The van der Waals surface area contributed by atoms with E-state index in [0.29, 0.717) is 0 Å². The molecule has 0 aromatic carbocycles. The van der Waals surface area contributed by atoms with Crippen LogP contribution in [0, 0.1) is 0 Å². The molecule has 84 valence electrons. The van der Waals surface area contributed by atoms with Crippen LogP contribution in [-0.2, 0) is 4.74 Å². The van der Waals surface area contributed by atoms with Gasteiger partial charge < -0.3 is 10.1 Å². The van der Waals surface area contributed by atoms with E-state index < -0.39 is 12.5 Å². The van der Waals surface area contributed by atoms with E-state index in [0.717, 1.165) is 25.7 Å². The van der Waals surface area contributed by atoms with Crippen molar-refractivity contribution in [3.8, 4) is 0 Å². The monoisotopic (exact) mass is 207 g/mol. The fourth-order valence-electron chi connectivity index (χ4n) is 1.78. The van der Waals surface area contributed by atoms with E-state index in [9.17, 15) is 8.78 Å². The molecule has 0 saturated heterocycles. The second-order valence-corrected chi connectivity index (χ2v) is 3.96. The second kappa shape index (κ2) is 5.61. The summed E-state index contributed by atoms with van der Waals surface area (Å²) in [6, 6.07) is 0. The van der Waals surface area contributed by atoms with E-state index in [-0.39, 0.29) is 12.6 Å². The van der Waals surface area contributed by atoms with Gasteiger partial charge in [0, 0.05) is 0 Å². The van der Waals surface area contributed by atoms with Gasteiger partial charge in [0.25, 0.3) is 5.92 Å². The van der Waals surface area contributed by atoms with Crippen LogP contribution in [0.15, 0.2) is 0 Å². The lowest BCUT2D eigenvalue weighted by atomic mass is 9.98. The lowest BCUT2D eigenvalue weighted by molar-refractivity contribution is -0.102. The Labute approximate surface area is 84.0 Å². The largest absolute Gasteiger partial charge is 0.372 e. The van der Waals surface area contributed by atoms with Gasteiger partial charge in [-0.25, -0.2) is 8.78 Å². The average molecular weight is 207 g/mol. The SMILES string of the molecule is CNCC(F)(F)COC1CCCCC1. The van der Waals surface area contributed by atoms with Crippen molar-refractivity contribution in [1.29, 1.82) is 0 Å². The van der Waals surface area contributed by atoms with Gasteiger partial charge in [-0.2, -0.15) is 0 Å². The van der Waals surface area contributed by atoms with Gasteiger partial charge in [-0.3, -0.25) is 0 Å². The van der Waals surface area contributed by atoms with Crippen molar-refractivity contribution in [2.75, 3.05) is 20.2 Å². The van der Waals surface area contributed by atoms with E-state index in [1.807, 2.05) is 0 Å². The Morgan fingerprint density at radius 3 is 2.50 bits per heavy atom. The zero-order valence-electron chi connectivity index (χ0n) is 8.69. The number of hydrogen-bond acceptors (Lipinski definition) is 2. The smallest absolute Gasteiger partial charge is 0.283 e. The minimum Gasteiger partial charge on any atom is -0.372 e. The van der Waals surface area contributed by atoms with Crippen molar-refractivity contribution < 1.29 is 13.5 Å². The summed E-state index contributed by atoms with van der Waals surface area (Å²) in [6.45, 7) is -0.752. The predicted octanol–water partition coefficient (Wildman–Crippen LogP) is 2.19. The third-order valence-electron chi connectivity index (χ3n) is 2.52. The summed E-state index contributed by atoms with van der Waals surface area (Å²) in [6.07, 6.45) is 5.38. The number of hydrogen-bond donors (Lipinski definition) is 1. The molecule has 0 amide bonds. The Balaban J connectivity index is 2.17. The highest BCUT2D eigenvalue weighted by Gasteiger charge is 2.29. The Morgan fingerprint density at radius 1 is 1.29 bits per heavy atom. The molecule has 0 unspecified atom stereocenters. The molecule has 1 fully saturated rings. The topological polar surface area (TPSA) is 21.3 Å². The van der Waals surface area contributed by atoms with Crippen molar-refractivity contribution in [2.45, 2.75) is 44.1 Å². The molecule has 2 nitrogen and oxygen atoms in total. The van der Waals surface area contributed by atoms with E-state index >= 15 is 0 Å². The van der Waals surface area contributed by atoms with E-state index in [4.69, 9.17) is 4.74 Å². The van der Waals surface area contributed by atoms with Gasteiger partial charge in [0.05, 0.1) is 12.6 Å². The summed E-state index contributed by atoms with van der Waals surface area (Å²) in [5, 5.41) is 2.47. The van der Waals surface area contributed by atoms with Crippen LogP contribution < -0.4 is 5.32 Å². The molecule has 0 heterocycles. The number of ether oxygens (including phenoxy) is 1. The molecule has 1 saturated carbocycles. The highest BCUT2D eigenvalue weighted by atomic mass is 19.3. The van der Waals surface area contributed by atoms with Crippen LogP contribution in [-0.4, -0.2) is 32.2 Å². The van der Waals surface area contributed by atoms with Crippen molar-refractivity contribution in [2.24, 2.45) is 0 Å². The van der Waals surface area contributed by atoms with E-state index in [2.05, 4.69) is 5.32 Å². The molecular weight excluding hydrogens is 188 g/mol. The fraction of sp³-hybridized carbons (Fsp3) is 1.00. The first-order valence-corrected chi connectivity index (χ1v) is 5.28. The summed E-state index contributed by atoms with van der Waals surface area (Å²) in [7, 11) is 1.52. The molecule has 1 N–H and O–H groups in total. The van der Waals surface area contributed by atoms with Gasteiger partial charge in [0.15, 0.2) is 0 Å². The minimum atomic E-state index is -2.73. The summed E-state index contributed by atoms with van der Waals surface area (Å²) in [5.41, 5.74) is 0. The molecule has 0 aliphatic heterocycles. The second-order valence-electron chi connectivity index (χ2n) is 3.96. The first-order chi connectivity index (χ1) is 6.64. The van der Waals surface area contributed by atoms with Crippen LogP contribution in [0.25, 0.3) is 0 Å². The maximum absolute atomic E-state index is 13.0.